The molecule has 0 saturated carbocycles. The lowest BCUT2D eigenvalue weighted by molar-refractivity contribution is -0.174. The lowest BCUT2D eigenvalue weighted by Crippen LogP contribution is -2.21. The lowest BCUT2D eigenvalue weighted by Gasteiger charge is -2.17. The largest absolute Gasteiger partial charge is 0.411 e. The molecule has 0 fully saturated rings. The van der Waals surface area contributed by atoms with Gasteiger partial charge in [-0.1, -0.05) is 28.1 Å². The normalized spacial score (nSPS) is 13.5. The van der Waals surface area contributed by atoms with E-state index >= 15 is 0 Å². The van der Waals surface area contributed by atoms with E-state index in [4.69, 9.17) is 0 Å². The standard InChI is InChI=1S/C13H17BrF3NO/c1-18-8-11(6-7-19-9-13(15,16)17)10-2-4-12(14)5-3-10/h2-5,11,18H,6-9H2,1H3. The molecule has 0 amide bonds. The molecule has 1 N–H and O–H groups in total. The SMILES string of the molecule is CNCC(CCOCC(F)(F)F)c1ccc(Br)cc1. The number of rotatable bonds is 7. The van der Waals surface area contributed by atoms with Crippen molar-refractivity contribution in [2.24, 2.45) is 0 Å². The van der Waals surface area contributed by atoms with Crippen molar-refractivity contribution in [3.05, 3.63) is 34.3 Å². The van der Waals surface area contributed by atoms with Crippen molar-refractivity contribution in [3.63, 3.8) is 0 Å². The molecule has 6 heteroatoms. The van der Waals surface area contributed by atoms with Crippen LogP contribution in [0.25, 0.3) is 0 Å². The van der Waals surface area contributed by atoms with Gasteiger partial charge < -0.3 is 10.1 Å². The zero-order valence-electron chi connectivity index (χ0n) is 10.6. The molecule has 19 heavy (non-hydrogen) atoms. The Morgan fingerprint density at radius 1 is 1.26 bits per heavy atom. The van der Waals surface area contributed by atoms with E-state index in [-0.39, 0.29) is 12.5 Å². The maximum absolute atomic E-state index is 12.0. The molecule has 1 rings (SSSR count). The third-order valence-electron chi connectivity index (χ3n) is 2.67. The molecule has 0 aromatic heterocycles. The number of hydrogen-bond donors (Lipinski definition) is 1. The quantitative estimate of drug-likeness (QED) is 0.764. The highest BCUT2D eigenvalue weighted by Gasteiger charge is 2.27. The summed E-state index contributed by atoms with van der Waals surface area (Å²) in [6.45, 7) is -0.376. The Morgan fingerprint density at radius 2 is 1.89 bits per heavy atom. The van der Waals surface area contributed by atoms with Crippen LogP contribution in [0.2, 0.25) is 0 Å². The predicted octanol–water partition coefficient (Wildman–Crippen LogP) is 3.72. The molecular weight excluding hydrogens is 323 g/mol. The Labute approximate surface area is 119 Å². The molecule has 0 spiro atoms. The highest BCUT2D eigenvalue weighted by molar-refractivity contribution is 9.10. The molecule has 0 aliphatic carbocycles. The van der Waals surface area contributed by atoms with Crippen LogP contribution in [0, 0.1) is 0 Å². The summed E-state index contributed by atoms with van der Waals surface area (Å²) in [4.78, 5) is 0. The zero-order chi connectivity index (χ0) is 14.3. The molecule has 1 aromatic carbocycles. The number of hydrogen-bond acceptors (Lipinski definition) is 2. The van der Waals surface area contributed by atoms with Crippen LogP contribution >= 0.6 is 15.9 Å². The van der Waals surface area contributed by atoms with E-state index in [1.165, 1.54) is 0 Å². The van der Waals surface area contributed by atoms with E-state index in [2.05, 4.69) is 26.0 Å². The van der Waals surface area contributed by atoms with E-state index in [1.54, 1.807) is 0 Å². The van der Waals surface area contributed by atoms with Gasteiger partial charge in [0.05, 0.1) is 0 Å². The van der Waals surface area contributed by atoms with E-state index in [0.717, 1.165) is 10.0 Å². The summed E-state index contributed by atoms with van der Waals surface area (Å²) in [6.07, 6.45) is -3.70. The first-order chi connectivity index (χ1) is 8.92. The van der Waals surface area contributed by atoms with Crippen LogP contribution in [0.1, 0.15) is 17.9 Å². The van der Waals surface area contributed by atoms with Gasteiger partial charge in [0.15, 0.2) is 0 Å². The summed E-state index contributed by atoms with van der Waals surface area (Å²) in [6, 6.07) is 7.79. The number of likely N-dealkylation sites (N-methyl/N-ethyl adjacent to an activating group) is 1. The second-order valence-corrected chi connectivity index (χ2v) is 5.18. The average Bonchev–Trinajstić information content (AvgIpc) is 2.33. The fourth-order valence-corrected chi connectivity index (χ4v) is 2.05. The van der Waals surface area contributed by atoms with Gasteiger partial charge in [0.1, 0.15) is 6.61 Å². The summed E-state index contributed by atoms with van der Waals surface area (Å²) in [7, 11) is 1.82. The molecule has 0 heterocycles. The molecule has 1 atom stereocenters. The fourth-order valence-electron chi connectivity index (χ4n) is 1.78. The maximum atomic E-state index is 12.0. The van der Waals surface area contributed by atoms with Crippen LogP contribution in [0.4, 0.5) is 13.2 Å². The van der Waals surface area contributed by atoms with Gasteiger partial charge in [-0.3, -0.25) is 0 Å². The molecule has 0 aliphatic rings. The Bertz CT molecular complexity index is 367. The molecule has 1 aromatic rings. The van der Waals surface area contributed by atoms with Crippen LogP contribution in [0.5, 0.6) is 0 Å². The Morgan fingerprint density at radius 3 is 2.42 bits per heavy atom. The minimum atomic E-state index is -4.25. The van der Waals surface area contributed by atoms with Crippen LogP contribution in [0.3, 0.4) is 0 Å². The van der Waals surface area contributed by atoms with E-state index < -0.39 is 12.8 Å². The molecule has 0 radical (unpaired) electrons. The van der Waals surface area contributed by atoms with Crippen molar-refractivity contribution in [2.45, 2.75) is 18.5 Å². The Hall–Kier alpha value is -0.590. The van der Waals surface area contributed by atoms with Gasteiger partial charge in [-0.15, -0.1) is 0 Å². The molecule has 2 nitrogen and oxygen atoms in total. The predicted molar refractivity (Wildman–Crippen MR) is 72.3 cm³/mol. The average molecular weight is 340 g/mol. The molecule has 0 bridgehead atoms. The number of halogens is 4. The van der Waals surface area contributed by atoms with Gasteiger partial charge in [-0.25, -0.2) is 0 Å². The smallest absolute Gasteiger partial charge is 0.372 e. The number of alkyl halides is 3. The third kappa shape index (κ3) is 6.94. The van der Waals surface area contributed by atoms with Gasteiger partial charge in [0, 0.05) is 17.6 Å². The first-order valence-electron chi connectivity index (χ1n) is 5.97. The summed E-state index contributed by atoms with van der Waals surface area (Å²) in [5.41, 5.74) is 1.09. The minimum absolute atomic E-state index is 0.0991. The third-order valence-corrected chi connectivity index (χ3v) is 3.20. The van der Waals surface area contributed by atoms with Gasteiger partial charge in [-0.2, -0.15) is 13.2 Å². The zero-order valence-corrected chi connectivity index (χ0v) is 12.2. The molecule has 0 saturated heterocycles. The maximum Gasteiger partial charge on any atom is 0.411 e. The second kappa shape index (κ2) is 7.87. The first-order valence-corrected chi connectivity index (χ1v) is 6.76. The van der Waals surface area contributed by atoms with Gasteiger partial charge in [0.2, 0.25) is 0 Å². The molecule has 108 valence electrons. The first kappa shape index (κ1) is 16.5. The minimum Gasteiger partial charge on any atom is -0.372 e. The Kier molecular flexibility index (Phi) is 6.82. The highest BCUT2D eigenvalue weighted by atomic mass is 79.9. The van der Waals surface area contributed by atoms with Gasteiger partial charge in [0.25, 0.3) is 0 Å². The number of ether oxygens (including phenoxy) is 1. The van der Waals surface area contributed by atoms with Crippen LogP contribution in [-0.4, -0.2) is 33.0 Å². The highest BCUT2D eigenvalue weighted by Crippen LogP contribution is 2.22. The van der Waals surface area contributed by atoms with Crippen LogP contribution in [-0.2, 0) is 4.74 Å². The summed E-state index contributed by atoms with van der Waals surface area (Å²) >= 11 is 3.35. The van der Waals surface area contributed by atoms with E-state index in [0.29, 0.717) is 13.0 Å². The van der Waals surface area contributed by atoms with Crippen molar-refractivity contribution >= 4 is 15.9 Å². The number of nitrogens with one attached hydrogen (secondary N) is 1. The summed E-state index contributed by atoms with van der Waals surface area (Å²) < 4.78 is 41.5. The van der Waals surface area contributed by atoms with Crippen molar-refractivity contribution < 1.29 is 17.9 Å². The van der Waals surface area contributed by atoms with Crippen LogP contribution in [0.15, 0.2) is 28.7 Å². The summed E-state index contributed by atoms with van der Waals surface area (Å²) in [5.74, 6) is 0.145. The molecular formula is C13H17BrF3NO. The van der Waals surface area contributed by atoms with Gasteiger partial charge in [-0.05, 0) is 37.1 Å². The fraction of sp³-hybridized carbons (Fsp3) is 0.538. The van der Waals surface area contributed by atoms with Crippen molar-refractivity contribution in [2.75, 3.05) is 26.8 Å². The Balaban J connectivity index is 2.47. The van der Waals surface area contributed by atoms with E-state index in [1.807, 2.05) is 31.3 Å². The number of benzene rings is 1. The topological polar surface area (TPSA) is 21.3 Å². The monoisotopic (exact) mass is 339 g/mol. The van der Waals surface area contributed by atoms with Crippen molar-refractivity contribution in [1.29, 1.82) is 0 Å². The van der Waals surface area contributed by atoms with Gasteiger partial charge >= 0.3 is 6.18 Å². The molecule has 0 aliphatic heterocycles. The second-order valence-electron chi connectivity index (χ2n) is 4.26. The van der Waals surface area contributed by atoms with E-state index in [9.17, 15) is 13.2 Å². The van der Waals surface area contributed by atoms with Crippen molar-refractivity contribution in [3.8, 4) is 0 Å². The van der Waals surface area contributed by atoms with Crippen molar-refractivity contribution in [1.82, 2.24) is 5.32 Å². The lowest BCUT2D eigenvalue weighted by atomic mass is 9.96. The molecule has 1 unspecified atom stereocenters. The summed E-state index contributed by atoms with van der Waals surface area (Å²) in [5, 5.41) is 3.05. The van der Waals surface area contributed by atoms with Crippen LogP contribution < -0.4 is 5.32 Å².